The Labute approximate surface area is 120 Å². The van der Waals surface area contributed by atoms with Crippen LogP contribution in [0.4, 0.5) is 0 Å². The van der Waals surface area contributed by atoms with E-state index in [1.165, 1.54) is 10.6 Å². The van der Waals surface area contributed by atoms with Gasteiger partial charge in [-0.25, -0.2) is 0 Å². The second-order valence-corrected chi connectivity index (χ2v) is 6.04. The lowest BCUT2D eigenvalue weighted by Crippen LogP contribution is -2.15. The molecule has 0 saturated heterocycles. The van der Waals surface area contributed by atoms with Gasteiger partial charge in [-0.1, -0.05) is 6.92 Å². The van der Waals surface area contributed by atoms with Gasteiger partial charge >= 0.3 is 0 Å². The van der Waals surface area contributed by atoms with Gasteiger partial charge in [0.15, 0.2) is 0 Å². The summed E-state index contributed by atoms with van der Waals surface area (Å²) in [6.45, 7) is 5.14. The summed E-state index contributed by atoms with van der Waals surface area (Å²) in [7, 11) is 0. The van der Waals surface area contributed by atoms with Gasteiger partial charge in [-0.15, -0.1) is 11.3 Å². The van der Waals surface area contributed by atoms with Crippen molar-refractivity contribution < 1.29 is 0 Å². The van der Waals surface area contributed by atoms with Crippen molar-refractivity contribution in [2.75, 3.05) is 0 Å². The van der Waals surface area contributed by atoms with Crippen LogP contribution >= 0.6 is 27.3 Å². The van der Waals surface area contributed by atoms with Crippen LogP contribution in [0.15, 0.2) is 22.0 Å². The molecule has 0 fully saturated rings. The molecular formula is C13H18BrN3S. The summed E-state index contributed by atoms with van der Waals surface area (Å²) in [6, 6.07) is 4.25. The normalized spacial score (nSPS) is 12.9. The molecule has 3 nitrogen and oxygen atoms in total. The Hall–Kier alpha value is -0.650. The van der Waals surface area contributed by atoms with Crippen molar-refractivity contribution in [3.63, 3.8) is 0 Å². The summed E-state index contributed by atoms with van der Waals surface area (Å²) < 4.78 is 3.17. The molecular weight excluding hydrogens is 310 g/mol. The molecule has 0 aromatic carbocycles. The SMILES string of the molecule is CCc1cc(CC(N)c2sccc2Br)n(CC)n1. The first-order chi connectivity index (χ1) is 8.65. The molecule has 5 heteroatoms. The van der Waals surface area contributed by atoms with Gasteiger partial charge < -0.3 is 5.73 Å². The number of rotatable bonds is 5. The number of nitrogens with two attached hydrogens (primary N) is 1. The predicted octanol–water partition coefficient (Wildman–Crippen LogP) is 3.53. The van der Waals surface area contributed by atoms with Crippen LogP contribution in [0.2, 0.25) is 0 Å². The molecule has 0 saturated carbocycles. The summed E-state index contributed by atoms with van der Waals surface area (Å²) in [5, 5.41) is 6.62. The maximum absolute atomic E-state index is 6.29. The Bertz CT molecular complexity index is 518. The lowest BCUT2D eigenvalue weighted by Gasteiger charge is -2.11. The van der Waals surface area contributed by atoms with E-state index in [9.17, 15) is 0 Å². The lowest BCUT2D eigenvalue weighted by molar-refractivity contribution is 0.587. The monoisotopic (exact) mass is 327 g/mol. The van der Waals surface area contributed by atoms with E-state index < -0.39 is 0 Å². The van der Waals surface area contributed by atoms with E-state index in [1.54, 1.807) is 11.3 Å². The molecule has 2 heterocycles. The molecule has 2 aromatic rings. The summed E-state index contributed by atoms with van der Waals surface area (Å²) in [4.78, 5) is 1.21. The zero-order chi connectivity index (χ0) is 13.1. The van der Waals surface area contributed by atoms with E-state index >= 15 is 0 Å². The fourth-order valence-corrected chi connectivity index (χ4v) is 3.68. The maximum atomic E-state index is 6.29. The molecule has 1 atom stereocenters. The topological polar surface area (TPSA) is 43.8 Å². The van der Waals surface area contributed by atoms with E-state index in [2.05, 4.69) is 57.1 Å². The molecule has 98 valence electrons. The highest BCUT2D eigenvalue weighted by molar-refractivity contribution is 9.10. The fraction of sp³-hybridized carbons (Fsp3) is 0.462. The molecule has 0 aliphatic heterocycles. The smallest absolute Gasteiger partial charge is 0.0624 e. The van der Waals surface area contributed by atoms with Gasteiger partial charge in [0.2, 0.25) is 0 Å². The molecule has 0 spiro atoms. The standard InChI is InChI=1S/C13H18BrN3S/c1-3-9-7-10(17(4-2)16-9)8-12(15)13-11(14)5-6-18-13/h5-7,12H,3-4,8,15H2,1-2H3. The predicted molar refractivity (Wildman–Crippen MR) is 79.9 cm³/mol. The fourth-order valence-electron chi connectivity index (χ4n) is 2.01. The molecule has 0 bridgehead atoms. The Morgan fingerprint density at radius 2 is 2.28 bits per heavy atom. The van der Waals surface area contributed by atoms with E-state index in [-0.39, 0.29) is 6.04 Å². The van der Waals surface area contributed by atoms with Crippen LogP contribution in [0.5, 0.6) is 0 Å². The third-order valence-corrected chi connectivity index (χ3v) is 4.99. The van der Waals surface area contributed by atoms with E-state index in [4.69, 9.17) is 5.73 Å². The van der Waals surface area contributed by atoms with Crippen molar-refractivity contribution in [2.45, 2.75) is 39.3 Å². The quantitative estimate of drug-likeness (QED) is 0.912. The Balaban J connectivity index is 2.18. The zero-order valence-corrected chi connectivity index (χ0v) is 13.1. The molecule has 0 radical (unpaired) electrons. The first-order valence-electron chi connectivity index (χ1n) is 6.19. The van der Waals surface area contributed by atoms with Crippen LogP contribution in [0.3, 0.4) is 0 Å². The highest BCUT2D eigenvalue weighted by Gasteiger charge is 2.15. The highest BCUT2D eigenvalue weighted by Crippen LogP contribution is 2.29. The van der Waals surface area contributed by atoms with E-state index in [0.29, 0.717) is 0 Å². The Kier molecular flexibility index (Phi) is 4.59. The van der Waals surface area contributed by atoms with Crippen molar-refractivity contribution in [2.24, 2.45) is 5.73 Å². The average Bonchev–Trinajstić information content (AvgIpc) is 2.95. The van der Waals surface area contributed by atoms with Crippen molar-refractivity contribution in [1.82, 2.24) is 9.78 Å². The molecule has 2 aromatic heterocycles. The molecule has 0 aliphatic rings. The second kappa shape index (κ2) is 5.99. The van der Waals surface area contributed by atoms with Crippen LogP contribution in [-0.2, 0) is 19.4 Å². The third kappa shape index (κ3) is 2.84. The number of aryl methyl sites for hydroxylation is 2. The van der Waals surface area contributed by atoms with Crippen LogP contribution in [0, 0.1) is 0 Å². The number of hydrogen-bond acceptors (Lipinski definition) is 3. The molecule has 0 amide bonds. The average molecular weight is 328 g/mol. The van der Waals surface area contributed by atoms with Gasteiger partial charge in [0.05, 0.1) is 5.69 Å². The van der Waals surface area contributed by atoms with Gasteiger partial charge in [0.25, 0.3) is 0 Å². The lowest BCUT2D eigenvalue weighted by atomic mass is 10.1. The summed E-state index contributed by atoms with van der Waals surface area (Å²) in [5.41, 5.74) is 8.65. The van der Waals surface area contributed by atoms with Gasteiger partial charge in [-0.2, -0.15) is 5.10 Å². The molecule has 0 aliphatic carbocycles. The van der Waals surface area contributed by atoms with Gasteiger partial charge in [0.1, 0.15) is 0 Å². The number of hydrogen-bond donors (Lipinski definition) is 1. The van der Waals surface area contributed by atoms with Gasteiger partial charge in [-0.3, -0.25) is 4.68 Å². The van der Waals surface area contributed by atoms with Crippen molar-refractivity contribution >= 4 is 27.3 Å². The minimum absolute atomic E-state index is 0.0334. The van der Waals surface area contributed by atoms with Crippen LogP contribution in [0.1, 0.15) is 36.2 Å². The number of aromatic nitrogens is 2. The third-order valence-electron chi connectivity index (χ3n) is 2.99. The molecule has 1 unspecified atom stereocenters. The minimum Gasteiger partial charge on any atom is -0.323 e. The first kappa shape index (κ1) is 13.8. The Morgan fingerprint density at radius 1 is 1.50 bits per heavy atom. The van der Waals surface area contributed by atoms with Crippen molar-refractivity contribution in [1.29, 1.82) is 0 Å². The minimum atomic E-state index is 0.0334. The second-order valence-electron chi connectivity index (χ2n) is 4.24. The van der Waals surface area contributed by atoms with Crippen LogP contribution in [0.25, 0.3) is 0 Å². The van der Waals surface area contributed by atoms with Crippen molar-refractivity contribution in [3.8, 4) is 0 Å². The van der Waals surface area contributed by atoms with Crippen LogP contribution in [-0.4, -0.2) is 9.78 Å². The van der Waals surface area contributed by atoms with Gasteiger partial charge in [-0.05, 0) is 46.8 Å². The Morgan fingerprint density at radius 3 is 2.83 bits per heavy atom. The first-order valence-corrected chi connectivity index (χ1v) is 7.87. The zero-order valence-electron chi connectivity index (χ0n) is 10.7. The number of thiophene rings is 1. The van der Waals surface area contributed by atoms with E-state index in [1.807, 2.05) is 0 Å². The summed E-state index contributed by atoms with van der Waals surface area (Å²) in [6.07, 6.45) is 1.80. The molecule has 2 N–H and O–H groups in total. The largest absolute Gasteiger partial charge is 0.323 e. The van der Waals surface area contributed by atoms with E-state index in [0.717, 1.165) is 29.6 Å². The maximum Gasteiger partial charge on any atom is 0.0624 e. The summed E-state index contributed by atoms with van der Waals surface area (Å²) in [5.74, 6) is 0. The number of nitrogens with zero attached hydrogens (tertiary/aromatic N) is 2. The highest BCUT2D eigenvalue weighted by atomic mass is 79.9. The van der Waals surface area contributed by atoms with Gasteiger partial charge in [0, 0.05) is 34.1 Å². The van der Waals surface area contributed by atoms with Crippen molar-refractivity contribution in [3.05, 3.63) is 38.3 Å². The molecule has 2 rings (SSSR count). The molecule has 18 heavy (non-hydrogen) atoms. The summed E-state index contributed by atoms with van der Waals surface area (Å²) >= 11 is 5.24. The number of halogens is 1. The van der Waals surface area contributed by atoms with Crippen LogP contribution < -0.4 is 5.73 Å².